The summed E-state index contributed by atoms with van der Waals surface area (Å²) in [7, 11) is 0. The summed E-state index contributed by atoms with van der Waals surface area (Å²) in [6.45, 7) is 1.48. The zero-order valence-electron chi connectivity index (χ0n) is 14.2. The van der Waals surface area contributed by atoms with Crippen molar-refractivity contribution in [3.63, 3.8) is 0 Å². The normalized spacial score (nSPS) is 12.2. The summed E-state index contributed by atoms with van der Waals surface area (Å²) >= 11 is 0. The van der Waals surface area contributed by atoms with Crippen LogP contribution in [0.2, 0.25) is 0 Å². The van der Waals surface area contributed by atoms with Crippen molar-refractivity contribution in [3.8, 4) is 5.75 Å². The highest BCUT2D eigenvalue weighted by Gasteiger charge is 2.30. The number of phenols is 1. The van der Waals surface area contributed by atoms with Gasteiger partial charge < -0.3 is 5.11 Å². The predicted molar refractivity (Wildman–Crippen MR) is 96.7 cm³/mol. The minimum atomic E-state index is -4.46. The number of hydrazone groups is 1. The number of phenolic OH excluding ortho intramolecular Hbond substituents is 1. The van der Waals surface area contributed by atoms with Gasteiger partial charge in [0, 0.05) is 0 Å². The number of fused-ring (bicyclic) bond motifs is 1. The molecule has 3 aromatic rings. The van der Waals surface area contributed by atoms with E-state index in [1.807, 2.05) is 6.07 Å². The number of halogens is 3. The van der Waals surface area contributed by atoms with E-state index in [0.29, 0.717) is 0 Å². The first kappa shape index (κ1) is 18.4. The van der Waals surface area contributed by atoms with Gasteiger partial charge in [-0.05, 0) is 47.5 Å². The van der Waals surface area contributed by atoms with Crippen LogP contribution in [0.4, 0.5) is 13.2 Å². The molecule has 0 saturated carbocycles. The lowest BCUT2D eigenvalue weighted by Gasteiger charge is -2.09. The van der Waals surface area contributed by atoms with Gasteiger partial charge in [0.25, 0.3) is 5.91 Å². The zero-order chi connectivity index (χ0) is 19.6. The Morgan fingerprint density at radius 2 is 1.67 bits per heavy atom. The van der Waals surface area contributed by atoms with Crippen LogP contribution in [0.15, 0.2) is 65.8 Å². The molecule has 0 unspecified atom stereocenters. The number of hydrogen-bond donors (Lipinski definition) is 2. The number of nitrogens with one attached hydrogen (secondary N) is 1. The highest BCUT2D eigenvalue weighted by atomic mass is 19.4. The minimum absolute atomic E-state index is 0.0225. The van der Waals surface area contributed by atoms with Gasteiger partial charge in [0.05, 0.1) is 16.8 Å². The second kappa shape index (κ2) is 7.11. The first-order valence-corrected chi connectivity index (χ1v) is 8.00. The second-order valence-corrected chi connectivity index (χ2v) is 5.93. The Kier molecular flexibility index (Phi) is 4.85. The Labute approximate surface area is 152 Å². The monoisotopic (exact) mass is 372 g/mol. The fourth-order valence-corrected chi connectivity index (χ4v) is 2.59. The molecule has 0 aliphatic carbocycles. The highest BCUT2D eigenvalue weighted by molar-refractivity contribution is 6.03. The smallest absolute Gasteiger partial charge is 0.416 e. The van der Waals surface area contributed by atoms with Crippen molar-refractivity contribution in [1.82, 2.24) is 5.43 Å². The van der Waals surface area contributed by atoms with E-state index in [2.05, 4.69) is 10.5 Å². The van der Waals surface area contributed by atoms with E-state index in [1.54, 1.807) is 18.2 Å². The molecular formula is C20H15F3N2O2. The Morgan fingerprint density at radius 1 is 1.00 bits per heavy atom. The lowest BCUT2D eigenvalue weighted by Crippen LogP contribution is -2.19. The molecule has 2 N–H and O–H groups in total. The van der Waals surface area contributed by atoms with E-state index in [0.717, 1.165) is 22.9 Å². The van der Waals surface area contributed by atoms with Crippen molar-refractivity contribution in [3.05, 3.63) is 77.4 Å². The Morgan fingerprint density at radius 3 is 2.33 bits per heavy atom. The molecule has 3 aromatic carbocycles. The molecule has 0 heterocycles. The molecule has 0 spiro atoms. The van der Waals surface area contributed by atoms with Crippen molar-refractivity contribution in [2.45, 2.75) is 13.1 Å². The number of carbonyl (C=O) groups is 1. The van der Waals surface area contributed by atoms with Gasteiger partial charge in [0.1, 0.15) is 5.75 Å². The molecule has 7 heteroatoms. The van der Waals surface area contributed by atoms with Crippen molar-refractivity contribution < 1.29 is 23.1 Å². The molecule has 0 radical (unpaired) electrons. The average molecular weight is 372 g/mol. The summed E-state index contributed by atoms with van der Waals surface area (Å²) < 4.78 is 38.4. The number of hydrogen-bond acceptors (Lipinski definition) is 3. The van der Waals surface area contributed by atoms with E-state index in [-0.39, 0.29) is 22.6 Å². The van der Waals surface area contributed by atoms with E-state index in [9.17, 15) is 23.1 Å². The van der Waals surface area contributed by atoms with Gasteiger partial charge in [0.15, 0.2) is 0 Å². The molecule has 0 bridgehead atoms. The molecule has 27 heavy (non-hydrogen) atoms. The third-order valence-corrected chi connectivity index (χ3v) is 4.04. The molecule has 4 nitrogen and oxygen atoms in total. The maximum Gasteiger partial charge on any atom is 0.416 e. The van der Waals surface area contributed by atoms with Crippen molar-refractivity contribution in [2.24, 2.45) is 5.10 Å². The lowest BCUT2D eigenvalue weighted by molar-refractivity contribution is -0.137. The quantitative estimate of drug-likeness (QED) is 0.516. The molecule has 0 saturated heterocycles. The molecule has 0 aliphatic heterocycles. The summed E-state index contributed by atoms with van der Waals surface area (Å²) in [6, 6.07) is 14.8. The van der Waals surface area contributed by atoms with E-state index in [1.165, 1.54) is 31.2 Å². The molecule has 0 aliphatic rings. The molecule has 1 amide bonds. The lowest BCUT2D eigenvalue weighted by atomic mass is 10.1. The Balaban J connectivity index is 1.83. The molecule has 0 aromatic heterocycles. The fourth-order valence-electron chi connectivity index (χ4n) is 2.59. The molecule has 3 rings (SSSR count). The van der Waals surface area contributed by atoms with Crippen LogP contribution in [-0.4, -0.2) is 16.7 Å². The summed E-state index contributed by atoms with van der Waals surface area (Å²) in [5.74, 6) is -0.872. The number of carbonyl (C=O) groups excluding carboxylic acids is 1. The standard InChI is InChI=1S/C20H15F3N2O2/c1-12(13-7-4-8-16(9-13)20(21,22)23)24-25-19(27)17-10-14-5-2-3-6-15(14)11-18(17)26/h2-11,26H,1H3,(H,25,27). The summed E-state index contributed by atoms with van der Waals surface area (Å²) in [5.41, 5.74) is 1.93. The van der Waals surface area contributed by atoms with Gasteiger partial charge in [-0.25, -0.2) is 5.43 Å². The number of nitrogens with zero attached hydrogens (tertiary/aromatic N) is 1. The highest BCUT2D eigenvalue weighted by Crippen LogP contribution is 2.29. The van der Waals surface area contributed by atoms with Crippen LogP contribution in [0.5, 0.6) is 5.75 Å². The summed E-state index contributed by atoms with van der Waals surface area (Å²) in [5, 5.41) is 15.4. The van der Waals surface area contributed by atoms with Crippen LogP contribution < -0.4 is 5.43 Å². The SMILES string of the molecule is CC(=NNC(=O)c1cc2ccccc2cc1O)c1cccc(C(F)(F)F)c1. The van der Waals surface area contributed by atoms with Gasteiger partial charge in [0.2, 0.25) is 0 Å². The number of alkyl halides is 3. The summed E-state index contributed by atoms with van der Waals surface area (Å²) in [4.78, 5) is 12.3. The zero-order valence-corrected chi connectivity index (χ0v) is 14.2. The molecule has 0 fully saturated rings. The maximum atomic E-state index is 12.8. The van der Waals surface area contributed by atoms with E-state index in [4.69, 9.17) is 0 Å². The maximum absolute atomic E-state index is 12.8. The van der Waals surface area contributed by atoms with Gasteiger partial charge in [-0.2, -0.15) is 18.3 Å². The number of aromatic hydroxyl groups is 1. The van der Waals surface area contributed by atoms with Crippen molar-refractivity contribution >= 4 is 22.4 Å². The van der Waals surface area contributed by atoms with Crippen LogP contribution in [0.25, 0.3) is 10.8 Å². The van der Waals surface area contributed by atoms with Crippen molar-refractivity contribution in [1.29, 1.82) is 0 Å². The van der Waals surface area contributed by atoms with Crippen LogP contribution in [-0.2, 0) is 6.18 Å². The van der Waals surface area contributed by atoms with Crippen molar-refractivity contribution in [2.75, 3.05) is 0 Å². The Hall–Kier alpha value is -3.35. The van der Waals surface area contributed by atoms with Gasteiger partial charge in [-0.1, -0.05) is 36.4 Å². The van der Waals surface area contributed by atoms with Gasteiger partial charge in [-0.3, -0.25) is 4.79 Å². The summed E-state index contributed by atoms with van der Waals surface area (Å²) in [6.07, 6.45) is -4.46. The van der Waals surface area contributed by atoms with Crippen LogP contribution in [0.3, 0.4) is 0 Å². The second-order valence-electron chi connectivity index (χ2n) is 5.93. The number of benzene rings is 3. The van der Waals surface area contributed by atoms with Gasteiger partial charge in [-0.15, -0.1) is 0 Å². The van der Waals surface area contributed by atoms with Crippen LogP contribution in [0, 0.1) is 0 Å². The number of rotatable bonds is 3. The minimum Gasteiger partial charge on any atom is -0.507 e. The number of amides is 1. The molecule has 138 valence electrons. The van der Waals surface area contributed by atoms with Crippen LogP contribution in [0.1, 0.15) is 28.4 Å². The van der Waals surface area contributed by atoms with E-state index >= 15 is 0 Å². The van der Waals surface area contributed by atoms with Gasteiger partial charge >= 0.3 is 6.18 Å². The predicted octanol–water partition coefficient (Wildman–Crippen LogP) is 4.72. The fraction of sp³-hybridized carbons (Fsp3) is 0.100. The Bertz CT molecular complexity index is 1040. The third-order valence-electron chi connectivity index (χ3n) is 4.04. The van der Waals surface area contributed by atoms with Crippen LogP contribution >= 0.6 is 0 Å². The topological polar surface area (TPSA) is 61.7 Å². The first-order valence-electron chi connectivity index (χ1n) is 8.00. The van der Waals surface area contributed by atoms with E-state index < -0.39 is 17.6 Å². The molecular weight excluding hydrogens is 357 g/mol. The largest absolute Gasteiger partial charge is 0.507 e. The third kappa shape index (κ3) is 4.08. The molecule has 0 atom stereocenters. The first-order chi connectivity index (χ1) is 12.8. The average Bonchev–Trinajstić information content (AvgIpc) is 2.64.